The molecule has 2 heterocycles. The van der Waals surface area contributed by atoms with Crippen LogP contribution in [0.3, 0.4) is 0 Å². The Labute approximate surface area is 186 Å². The molecule has 6 N–H and O–H groups in total. The number of rotatable bonds is 5. The average molecular weight is 462 g/mol. The number of methoxy groups -OCH3 is 1. The molecule has 5 unspecified atom stereocenters. The molecule has 1 aliphatic heterocycles. The van der Waals surface area contributed by atoms with Gasteiger partial charge in [-0.3, -0.25) is 4.79 Å². The van der Waals surface area contributed by atoms with Gasteiger partial charge in [0.2, 0.25) is 12.0 Å². The van der Waals surface area contributed by atoms with Crippen LogP contribution in [0.25, 0.3) is 22.3 Å². The van der Waals surface area contributed by atoms with Crippen LogP contribution in [-0.2, 0) is 4.74 Å². The summed E-state index contributed by atoms with van der Waals surface area (Å²) in [4.78, 5) is 12.6. The van der Waals surface area contributed by atoms with Crippen molar-refractivity contribution in [2.45, 2.75) is 30.7 Å². The van der Waals surface area contributed by atoms with Crippen molar-refractivity contribution in [1.29, 1.82) is 0 Å². The molecule has 4 rings (SSSR count). The lowest BCUT2D eigenvalue weighted by molar-refractivity contribution is -0.277. The minimum Gasteiger partial charge on any atom is -0.504 e. The summed E-state index contributed by atoms with van der Waals surface area (Å²) < 4.78 is 21.4. The lowest BCUT2D eigenvalue weighted by Gasteiger charge is -2.39. The van der Waals surface area contributed by atoms with Gasteiger partial charge in [0, 0.05) is 17.7 Å². The van der Waals surface area contributed by atoms with Crippen molar-refractivity contribution in [2.75, 3.05) is 13.7 Å². The number of aliphatic hydroxyl groups excluding tert-OH is 4. The Hall–Kier alpha value is -3.35. The molecule has 0 saturated carbocycles. The lowest BCUT2D eigenvalue weighted by atomic mass is 9.99. The van der Waals surface area contributed by atoms with Crippen molar-refractivity contribution in [3.63, 3.8) is 0 Å². The van der Waals surface area contributed by atoms with E-state index in [1.165, 1.54) is 25.3 Å². The first-order valence-corrected chi connectivity index (χ1v) is 9.89. The monoisotopic (exact) mass is 462 g/mol. The van der Waals surface area contributed by atoms with E-state index in [1.54, 1.807) is 12.1 Å². The van der Waals surface area contributed by atoms with Crippen molar-refractivity contribution in [1.82, 2.24) is 0 Å². The SMILES string of the molecule is COc1c(O)cc2oc(-c3ccc(OC4OC(CO)C(O)C(O)C4O)cc3)cc(=O)c2c1O. The van der Waals surface area contributed by atoms with E-state index < -0.39 is 54.2 Å². The minimum atomic E-state index is -1.57. The maximum Gasteiger partial charge on any atom is 0.229 e. The van der Waals surface area contributed by atoms with Crippen molar-refractivity contribution in [3.8, 4) is 34.3 Å². The standard InChI is InChI=1S/C22H22O11/c1-30-21-12(25)7-14-16(18(21)27)11(24)6-13(32-14)9-2-4-10(5-3-9)31-22-20(29)19(28)17(26)15(8-23)33-22/h2-7,15,17,19-20,22-23,25-29H,8H2,1H3. The van der Waals surface area contributed by atoms with Gasteiger partial charge in [-0.2, -0.15) is 0 Å². The van der Waals surface area contributed by atoms with Crippen molar-refractivity contribution < 1.29 is 49.3 Å². The summed E-state index contributed by atoms with van der Waals surface area (Å²) in [5.41, 5.74) is -0.136. The van der Waals surface area contributed by atoms with E-state index in [0.29, 0.717) is 5.56 Å². The van der Waals surface area contributed by atoms with E-state index in [-0.39, 0.29) is 28.2 Å². The summed E-state index contributed by atoms with van der Waals surface area (Å²) in [6.07, 6.45) is -7.07. The van der Waals surface area contributed by atoms with Gasteiger partial charge in [-0.1, -0.05) is 0 Å². The molecule has 0 bridgehead atoms. The number of phenols is 2. The lowest BCUT2D eigenvalue weighted by Crippen LogP contribution is -2.60. The van der Waals surface area contributed by atoms with Gasteiger partial charge in [0.25, 0.3) is 0 Å². The zero-order chi connectivity index (χ0) is 23.9. The van der Waals surface area contributed by atoms with Crippen LogP contribution in [-0.4, -0.2) is 75.1 Å². The van der Waals surface area contributed by atoms with Crippen LogP contribution in [0.1, 0.15) is 0 Å². The topological polar surface area (TPSA) is 179 Å². The number of aliphatic hydroxyl groups is 4. The Kier molecular flexibility index (Phi) is 6.15. The third-order valence-electron chi connectivity index (χ3n) is 5.37. The molecule has 1 aromatic heterocycles. The largest absolute Gasteiger partial charge is 0.504 e. The molecule has 1 fully saturated rings. The van der Waals surface area contributed by atoms with Crippen LogP contribution < -0.4 is 14.9 Å². The second-order valence-corrected chi connectivity index (χ2v) is 7.47. The maximum atomic E-state index is 12.6. The van der Waals surface area contributed by atoms with E-state index in [9.17, 15) is 35.4 Å². The Morgan fingerprint density at radius 1 is 1.00 bits per heavy atom. The highest BCUT2D eigenvalue weighted by molar-refractivity contribution is 5.89. The minimum absolute atomic E-state index is 0.0463. The fraction of sp³-hybridized carbons (Fsp3) is 0.318. The molecule has 11 nitrogen and oxygen atoms in total. The van der Waals surface area contributed by atoms with Crippen LogP contribution in [0.15, 0.2) is 45.6 Å². The van der Waals surface area contributed by atoms with Gasteiger partial charge in [-0.25, -0.2) is 0 Å². The summed E-state index contributed by atoms with van der Waals surface area (Å²) >= 11 is 0. The number of benzene rings is 2. The molecule has 11 heteroatoms. The fourth-order valence-electron chi connectivity index (χ4n) is 3.61. The quantitative estimate of drug-likeness (QED) is 0.302. The van der Waals surface area contributed by atoms with Gasteiger partial charge in [0.05, 0.1) is 13.7 Å². The van der Waals surface area contributed by atoms with E-state index in [1.807, 2.05) is 0 Å². The molecule has 0 aliphatic carbocycles. The highest BCUT2D eigenvalue weighted by Crippen LogP contribution is 2.41. The Morgan fingerprint density at radius 3 is 2.33 bits per heavy atom. The molecule has 3 aromatic rings. The second-order valence-electron chi connectivity index (χ2n) is 7.47. The zero-order valence-corrected chi connectivity index (χ0v) is 17.3. The van der Waals surface area contributed by atoms with Crippen LogP contribution >= 0.6 is 0 Å². The number of ether oxygens (including phenoxy) is 3. The van der Waals surface area contributed by atoms with E-state index in [0.717, 1.165) is 6.07 Å². The second kappa shape index (κ2) is 8.89. The molecule has 0 spiro atoms. The molecular weight excluding hydrogens is 440 g/mol. The number of phenolic OH excluding ortho intramolecular Hbond substituents is 2. The molecule has 0 radical (unpaired) electrons. The normalized spacial score (nSPS) is 25.2. The van der Waals surface area contributed by atoms with Crippen molar-refractivity contribution in [3.05, 3.63) is 46.6 Å². The van der Waals surface area contributed by atoms with Gasteiger partial charge in [0.1, 0.15) is 46.9 Å². The first-order valence-electron chi connectivity index (χ1n) is 9.89. The third-order valence-corrected chi connectivity index (χ3v) is 5.37. The van der Waals surface area contributed by atoms with E-state index in [2.05, 4.69) is 0 Å². The third kappa shape index (κ3) is 4.08. The van der Waals surface area contributed by atoms with Gasteiger partial charge in [-0.05, 0) is 24.3 Å². The first kappa shape index (κ1) is 22.8. The number of hydrogen-bond acceptors (Lipinski definition) is 11. The Bertz CT molecular complexity index is 1200. The molecule has 176 valence electrons. The van der Waals surface area contributed by atoms with Gasteiger partial charge in [0.15, 0.2) is 16.9 Å². The van der Waals surface area contributed by atoms with E-state index in [4.69, 9.17) is 18.6 Å². The van der Waals surface area contributed by atoms with E-state index >= 15 is 0 Å². The average Bonchev–Trinajstić information content (AvgIpc) is 2.79. The molecule has 5 atom stereocenters. The Morgan fingerprint density at radius 2 is 1.70 bits per heavy atom. The summed E-state index contributed by atoms with van der Waals surface area (Å²) in [6.45, 7) is -0.582. The summed E-state index contributed by atoms with van der Waals surface area (Å²) in [7, 11) is 1.24. The first-order chi connectivity index (χ1) is 15.7. The summed E-state index contributed by atoms with van der Waals surface area (Å²) in [5, 5.41) is 59.1. The highest BCUT2D eigenvalue weighted by Gasteiger charge is 2.44. The summed E-state index contributed by atoms with van der Waals surface area (Å²) in [6, 6.07) is 8.41. The molecule has 2 aromatic carbocycles. The predicted octanol–water partition coefficient (Wildman–Crippen LogP) is 0.0585. The van der Waals surface area contributed by atoms with Gasteiger partial charge < -0.3 is 49.3 Å². The van der Waals surface area contributed by atoms with Crippen molar-refractivity contribution in [2.24, 2.45) is 0 Å². The zero-order valence-electron chi connectivity index (χ0n) is 17.3. The molecule has 1 saturated heterocycles. The molecular formula is C22H22O11. The molecule has 0 amide bonds. The van der Waals surface area contributed by atoms with Gasteiger partial charge >= 0.3 is 0 Å². The summed E-state index contributed by atoms with van der Waals surface area (Å²) in [5.74, 6) is -0.790. The van der Waals surface area contributed by atoms with Crippen LogP contribution in [0.2, 0.25) is 0 Å². The molecule has 33 heavy (non-hydrogen) atoms. The van der Waals surface area contributed by atoms with Gasteiger partial charge in [-0.15, -0.1) is 0 Å². The molecule has 1 aliphatic rings. The smallest absolute Gasteiger partial charge is 0.229 e. The fourth-order valence-corrected chi connectivity index (χ4v) is 3.61. The van der Waals surface area contributed by atoms with Crippen LogP contribution in [0.5, 0.6) is 23.0 Å². The number of aromatic hydroxyl groups is 2. The van der Waals surface area contributed by atoms with Crippen molar-refractivity contribution >= 4 is 11.0 Å². The highest BCUT2D eigenvalue weighted by atomic mass is 16.7. The number of fused-ring (bicyclic) bond motifs is 1. The maximum absolute atomic E-state index is 12.6. The van der Waals surface area contributed by atoms with Crippen LogP contribution in [0, 0.1) is 0 Å². The predicted molar refractivity (Wildman–Crippen MR) is 112 cm³/mol. The number of hydrogen-bond donors (Lipinski definition) is 6. The van der Waals surface area contributed by atoms with Crippen LogP contribution in [0.4, 0.5) is 0 Å². The Balaban J connectivity index is 1.60.